The zero-order valence-corrected chi connectivity index (χ0v) is 20.0. The van der Waals surface area contributed by atoms with Crippen LogP contribution in [0.3, 0.4) is 0 Å². The summed E-state index contributed by atoms with van der Waals surface area (Å²) in [4.78, 5) is 30.1. The molecule has 9 heteroatoms. The Morgan fingerprint density at radius 2 is 1.77 bits per heavy atom. The average molecular weight is 485 g/mol. The Hall–Kier alpha value is -3.43. The van der Waals surface area contributed by atoms with Crippen LogP contribution in [0.5, 0.6) is 11.5 Å². The van der Waals surface area contributed by atoms with Gasteiger partial charge in [-0.2, -0.15) is 0 Å². The number of likely N-dealkylation sites (tertiary alicyclic amines) is 1. The van der Waals surface area contributed by atoms with Gasteiger partial charge in [0.15, 0.2) is 11.5 Å². The third-order valence-corrected chi connectivity index (χ3v) is 6.42. The molecule has 8 nitrogen and oxygen atoms in total. The van der Waals surface area contributed by atoms with Crippen LogP contribution >= 0.6 is 0 Å². The van der Waals surface area contributed by atoms with Gasteiger partial charge in [-0.25, -0.2) is 4.39 Å². The molecule has 2 aliphatic heterocycles. The number of morpholine rings is 1. The molecule has 4 rings (SSSR count). The molecular weight excluding hydrogens is 455 g/mol. The normalized spacial score (nSPS) is 20.3. The number of ether oxygens (including phenoxy) is 3. The third-order valence-electron chi connectivity index (χ3n) is 6.42. The molecule has 35 heavy (non-hydrogen) atoms. The van der Waals surface area contributed by atoms with Crippen molar-refractivity contribution < 1.29 is 33.3 Å². The van der Waals surface area contributed by atoms with Gasteiger partial charge in [0.25, 0.3) is 11.7 Å². The van der Waals surface area contributed by atoms with Gasteiger partial charge in [-0.05, 0) is 54.4 Å². The minimum absolute atomic E-state index is 0.0461. The summed E-state index contributed by atoms with van der Waals surface area (Å²) in [5.74, 6) is -1.32. The Labute approximate surface area is 203 Å². The Kier molecular flexibility index (Phi) is 7.37. The van der Waals surface area contributed by atoms with E-state index in [1.807, 2.05) is 13.0 Å². The van der Waals surface area contributed by atoms with Crippen LogP contribution in [0.2, 0.25) is 0 Å². The van der Waals surface area contributed by atoms with Crippen molar-refractivity contribution in [2.75, 3.05) is 53.6 Å². The van der Waals surface area contributed by atoms with Crippen molar-refractivity contribution in [1.29, 1.82) is 0 Å². The van der Waals surface area contributed by atoms with Crippen molar-refractivity contribution in [3.8, 4) is 11.5 Å². The van der Waals surface area contributed by atoms with Crippen molar-refractivity contribution in [1.82, 2.24) is 9.80 Å². The number of ketones is 1. The highest BCUT2D eigenvalue weighted by molar-refractivity contribution is 6.46. The lowest BCUT2D eigenvalue weighted by Crippen LogP contribution is -2.42. The van der Waals surface area contributed by atoms with Crippen molar-refractivity contribution in [2.24, 2.45) is 0 Å². The third kappa shape index (κ3) is 4.87. The first-order chi connectivity index (χ1) is 16.8. The number of aliphatic hydroxyl groups excluding tert-OH is 1. The fourth-order valence-corrected chi connectivity index (χ4v) is 4.63. The molecule has 0 unspecified atom stereocenters. The summed E-state index contributed by atoms with van der Waals surface area (Å²) >= 11 is 0. The number of carbonyl (C=O) groups is 2. The van der Waals surface area contributed by atoms with Crippen LogP contribution in [0.15, 0.2) is 42.0 Å². The largest absolute Gasteiger partial charge is 0.507 e. The molecule has 2 heterocycles. The monoisotopic (exact) mass is 484 g/mol. The topological polar surface area (TPSA) is 88.5 Å². The molecule has 186 valence electrons. The Morgan fingerprint density at radius 3 is 2.40 bits per heavy atom. The molecule has 0 saturated carbocycles. The first kappa shape index (κ1) is 24.7. The van der Waals surface area contributed by atoms with E-state index in [0.717, 1.165) is 18.7 Å². The summed E-state index contributed by atoms with van der Waals surface area (Å²) in [6, 6.07) is 7.82. The van der Waals surface area contributed by atoms with Crippen molar-refractivity contribution in [3.05, 3.63) is 64.5 Å². The van der Waals surface area contributed by atoms with E-state index < -0.39 is 23.5 Å². The second-order valence-corrected chi connectivity index (χ2v) is 8.53. The van der Waals surface area contributed by atoms with Crippen molar-refractivity contribution >= 4 is 17.4 Å². The summed E-state index contributed by atoms with van der Waals surface area (Å²) in [6.07, 6.45) is 0. The highest BCUT2D eigenvalue weighted by atomic mass is 19.1. The van der Waals surface area contributed by atoms with E-state index in [2.05, 4.69) is 4.90 Å². The molecule has 1 atom stereocenters. The Balaban J connectivity index is 1.81. The predicted molar refractivity (Wildman–Crippen MR) is 127 cm³/mol. The van der Waals surface area contributed by atoms with E-state index in [4.69, 9.17) is 14.2 Å². The number of nitrogens with zero attached hydrogens (tertiary/aromatic N) is 2. The van der Waals surface area contributed by atoms with Crippen LogP contribution in [-0.4, -0.2) is 80.2 Å². The number of aliphatic hydroxyl groups is 1. The smallest absolute Gasteiger partial charge is 0.295 e. The number of halogens is 1. The predicted octanol–water partition coefficient (Wildman–Crippen LogP) is 2.91. The van der Waals surface area contributed by atoms with Crippen LogP contribution < -0.4 is 9.47 Å². The number of benzene rings is 2. The highest BCUT2D eigenvalue weighted by Crippen LogP contribution is 2.43. The maximum atomic E-state index is 13.5. The number of methoxy groups -OCH3 is 2. The Morgan fingerprint density at radius 1 is 1.09 bits per heavy atom. The molecule has 2 saturated heterocycles. The van der Waals surface area contributed by atoms with Crippen LogP contribution in [-0.2, 0) is 14.3 Å². The summed E-state index contributed by atoms with van der Waals surface area (Å²) in [5, 5.41) is 11.1. The molecule has 0 aromatic heterocycles. The number of hydrogen-bond acceptors (Lipinski definition) is 7. The van der Waals surface area contributed by atoms with Gasteiger partial charge < -0.3 is 24.2 Å². The number of Topliss-reactive ketones (excluding diaryl/α,β-unsaturated/α-hetero) is 1. The van der Waals surface area contributed by atoms with Crippen LogP contribution in [0.4, 0.5) is 4.39 Å². The maximum absolute atomic E-state index is 13.5. The summed E-state index contributed by atoms with van der Waals surface area (Å²) in [7, 11) is 3.04. The summed E-state index contributed by atoms with van der Waals surface area (Å²) < 4.78 is 29.8. The molecule has 0 bridgehead atoms. The first-order valence-corrected chi connectivity index (χ1v) is 11.4. The maximum Gasteiger partial charge on any atom is 0.295 e. The minimum Gasteiger partial charge on any atom is -0.507 e. The highest BCUT2D eigenvalue weighted by Gasteiger charge is 2.46. The van der Waals surface area contributed by atoms with Gasteiger partial charge in [-0.1, -0.05) is 0 Å². The van der Waals surface area contributed by atoms with E-state index in [9.17, 15) is 19.1 Å². The zero-order chi connectivity index (χ0) is 25.1. The number of rotatable bonds is 7. The molecule has 2 aliphatic rings. The van der Waals surface area contributed by atoms with Gasteiger partial charge in [0.05, 0.1) is 39.0 Å². The fourth-order valence-electron chi connectivity index (χ4n) is 4.63. The van der Waals surface area contributed by atoms with E-state index in [1.165, 1.54) is 43.4 Å². The molecule has 2 aromatic carbocycles. The Bertz CT molecular complexity index is 1140. The quantitative estimate of drug-likeness (QED) is 0.367. The number of amides is 1. The molecule has 2 aromatic rings. The fraction of sp³-hybridized carbons (Fsp3) is 0.385. The number of carbonyl (C=O) groups excluding carboxylic acids is 2. The van der Waals surface area contributed by atoms with Crippen LogP contribution in [0.1, 0.15) is 22.7 Å². The standard InChI is InChI=1S/C26H29FN2O6/c1-16-14-18(15-20(33-2)25(16)34-3)22-21(23(30)17-4-6-19(27)7-5-17)24(31)26(32)29(22)9-8-28-10-12-35-13-11-28/h4-7,14-15,22,30H,8-13H2,1-3H3/t22-/m0/s1. The molecule has 0 spiro atoms. The van der Waals surface area contributed by atoms with Crippen LogP contribution in [0, 0.1) is 12.7 Å². The lowest BCUT2D eigenvalue weighted by Gasteiger charge is -2.31. The van der Waals surface area contributed by atoms with E-state index in [1.54, 1.807) is 6.07 Å². The summed E-state index contributed by atoms with van der Waals surface area (Å²) in [6.45, 7) is 5.37. The van der Waals surface area contributed by atoms with E-state index in [-0.39, 0.29) is 23.4 Å². The minimum atomic E-state index is -0.848. The number of hydrogen-bond donors (Lipinski definition) is 1. The lowest BCUT2D eigenvalue weighted by molar-refractivity contribution is -0.140. The molecule has 0 radical (unpaired) electrons. The second-order valence-electron chi connectivity index (χ2n) is 8.53. The van der Waals surface area contributed by atoms with E-state index in [0.29, 0.717) is 36.8 Å². The first-order valence-electron chi connectivity index (χ1n) is 11.4. The SMILES string of the molecule is COc1cc([C@H]2C(=C(O)c3ccc(F)cc3)C(=O)C(=O)N2CCN2CCOCC2)cc(C)c1OC. The lowest BCUT2D eigenvalue weighted by atomic mass is 9.93. The molecule has 1 amide bonds. The van der Waals surface area contributed by atoms with Gasteiger partial charge in [0, 0.05) is 31.7 Å². The molecular formula is C26H29FN2O6. The van der Waals surface area contributed by atoms with Gasteiger partial charge >= 0.3 is 0 Å². The zero-order valence-electron chi connectivity index (χ0n) is 20.0. The van der Waals surface area contributed by atoms with Gasteiger partial charge in [-0.3, -0.25) is 14.5 Å². The van der Waals surface area contributed by atoms with E-state index >= 15 is 0 Å². The van der Waals surface area contributed by atoms with Gasteiger partial charge in [0.2, 0.25) is 0 Å². The van der Waals surface area contributed by atoms with Gasteiger partial charge in [-0.15, -0.1) is 0 Å². The molecule has 2 fully saturated rings. The summed E-state index contributed by atoms with van der Waals surface area (Å²) in [5.41, 5.74) is 1.56. The van der Waals surface area contributed by atoms with Crippen molar-refractivity contribution in [2.45, 2.75) is 13.0 Å². The van der Waals surface area contributed by atoms with Gasteiger partial charge in [0.1, 0.15) is 11.6 Å². The van der Waals surface area contributed by atoms with Crippen LogP contribution in [0.25, 0.3) is 5.76 Å². The molecule has 1 N–H and O–H groups in total. The molecule has 0 aliphatic carbocycles. The average Bonchev–Trinajstić information content (AvgIpc) is 3.12. The van der Waals surface area contributed by atoms with Crippen molar-refractivity contribution in [3.63, 3.8) is 0 Å². The second kappa shape index (κ2) is 10.5. The number of aryl methyl sites for hydroxylation is 1.